The Morgan fingerprint density at radius 3 is 3.06 bits per heavy atom. The van der Waals surface area contributed by atoms with Gasteiger partial charge in [-0.15, -0.1) is 0 Å². The second-order valence-electron chi connectivity index (χ2n) is 4.96. The molecule has 3 rings (SSSR count). The van der Waals surface area contributed by atoms with Gasteiger partial charge in [-0.25, -0.2) is 0 Å². The van der Waals surface area contributed by atoms with Gasteiger partial charge in [0.05, 0.1) is 0 Å². The number of nitrogens with zero attached hydrogens (tertiary/aromatic N) is 1. The van der Waals surface area contributed by atoms with Crippen LogP contribution in [0.1, 0.15) is 12.0 Å². The number of fused-ring (bicyclic) bond motifs is 1. The Morgan fingerprint density at radius 2 is 2.24 bits per heavy atom. The van der Waals surface area contributed by atoms with Gasteiger partial charge in [0.25, 0.3) is 0 Å². The Labute approximate surface area is 102 Å². The Morgan fingerprint density at radius 1 is 1.35 bits per heavy atom. The lowest BCUT2D eigenvalue weighted by molar-refractivity contribution is 0.339. The van der Waals surface area contributed by atoms with Crippen molar-refractivity contribution in [2.24, 2.45) is 5.73 Å². The lowest BCUT2D eigenvalue weighted by Gasteiger charge is -2.14. The van der Waals surface area contributed by atoms with Crippen LogP contribution in [0.25, 0.3) is 10.9 Å². The number of nitrogens with two attached hydrogens (primary N) is 1. The molecule has 1 saturated heterocycles. The van der Waals surface area contributed by atoms with Crippen molar-refractivity contribution >= 4 is 10.9 Å². The Hall–Kier alpha value is -1.32. The summed E-state index contributed by atoms with van der Waals surface area (Å²) >= 11 is 0. The number of rotatable bonds is 3. The minimum absolute atomic E-state index is 0.387. The van der Waals surface area contributed by atoms with Gasteiger partial charge in [-0.1, -0.05) is 18.2 Å². The third-order valence-corrected chi connectivity index (χ3v) is 3.68. The first-order chi connectivity index (χ1) is 8.33. The van der Waals surface area contributed by atoms with Gasteiger partial charge in [0.2, 0.25) is 0 Å². The highest BCUT2D eigenvalue weighted by molar-refractivity contribution is 5.83. The second-order valence-corrected chi connectivity index (χ2v) is 4.96. The molecule has 0 spiro atoms. The quantitative estimate of drug-likeness (QED) is 0.842. The van der Waals surface area contributed by atoms with E-state index in [9.17, 15) is 0 Å². The average Bonchev–Trinajstić information content (AvgIpc) is 2.93. The van der Waals surface area contributed by atoms with Gasteiger partial charge in [0.1, 0.15) is 0 Å². The summed E-state index contributed by atoms with van der Waals surface area (Å²) in [6, 6.07) is 8.88. The second kappa shape index (κ2) is 4.51. The topological polar surface area (TPSA) is 45.0 Å². The van der Waals surface area contributed by atoms with Crippen LogP contribution in [0.2, 0.25) is 0 Å². The number of nitrogens with one attached hydrogen (secondary N) is 1. The number of benzene rings is 1. The lowest BCUT2D eigenvalue weighted by atomic mass is 10.1. The van der Waals surface area contributed by atoms with Crippen LogP contribution in [-0.2, 0) is 6.42 Å². The summed E-state index contributed by atoms with van der Waals surface area (Å²) in [7, 11) is 0. The fourth-order valence-corrected chi connectivity index (χ4v) is 2.68. The van der Waals surface area contributed by atoms with Crippen LogP contribution in [0, 0.1) is 0 Å². The Bertz CT molecular complexity index is 503. The molecular weight excluding hydrogens is 210 g/mol. The van der Waals surface area contributed by atoms with Crippen molar-refractivity contribution in [3.05, 3.63) is 36.0 Å². The molecule has 0 aliphatic carbocycles. The van der Waals surface area contributed by atoms with Crippen molar-refractivity contribution in [2.45, 2.75) is 18.9 Å². The third-order valence-electron chi connectivity index (χ3n) is 3.68. The van der Waals surface area contributed by atoms with Gasteiger partial charge in [0.15, 0.2) is 0 Å². The number of likely N-dealkylation sites (tertiary alicyclic amines) is 1. The first-order valence-corrected chi connectivity index (χ1v) is 6.36. The van der Waals surface area contributed by atoms with Crippen molar-refractivity contribution in [3.63, 3.8) is 0 Å². The number of para-hydroxylation sites is 1. The third kappa shape index (κ3) is 2.21. The standard InChI is InChI=1S/C14H19N3/c15-12-6-8-17(10-12)7-5-11-9-16-14-4-2-1-3-13(11)14/h1-4,9,12,16H,5-8,10,15H2. The SMILES string of the molecule is NC1CCN(CCc2c[nH]c3ccccc23)C1. The predicted octanol–water partition coefficient (Wildman–Crippen LogP) is 1.74. The summed E-state index contributed by atoms with van der Waals surface area (Å²) in [6.07, 6.45) is 4.39. The summed E-state index contributed by atoms with van der Waals surface area (Å²) in [5.41, 5.74) is 8.57. The van der Waals surface area contributed by atoms with Gasteiger partial charge >= 0.3 is 0 Å². The molecule has 17 heavy (non-hydrogen) atoms. The van der Waals surface area contributed by atoms with Crippen molar-refractivity contribution in [3.8, 4) is 0 Å². The van der Waals surface area contributed by atoms with E-state index in [-0.39, 0.29) is 0 Å². The molecule has 1 aliphatic heterocycles. The molecule has 1 aliphatic rings. The van der Waals surface area contributed by atoms with Crippen molar-refractivity contribution in [1.29, 1.82) is 0 Å². The molecule has 0 amide bonds. The summed E-state index contributed by atoms with van der Waals surface area (Å²) in [5, 5.41) is 1.36. The summed E-state index contributed by atoms with van der Waals surface area (Å²) in [4.78, 5) is 5.79. The number of hydrogen-bond acceptors (Lipinski definition) is 2. The molecule has 3 nitrogen and oxygen atoms in total. The largest absolute Gasteiger partial charge is 0.361 e. The molecule has 3 N–H and O–H groups in total. The first-order valence-electron chi connectivity index (χ1n) is 6.36. The maximum Gasteiger partial charge on any atom is 0.0456 e. The highest BCUT2D eigenvalue weighted by Crippen LogP contribution is 2.19. The number of hydrogen-bond donors (Lipinski definition) is 2. The van der Waals surface area contributed by atoms with Crippen molar-refractivity contribution in [2.75, 3.05) is 19.6 Å². The van der Waals surface area contributed by atoms with Gasteiger partial charge < -0.3 is 15.6 Å². The van der Waals surface area contributed by atoms with Crippen molar-refractivity contribution in [1.82, 2.24) is 9.88 Å². The molecular formula is C14H19N3. The molecule has 0 saturated carbocycles. The van der Waals surface area contributed by atoms with E-state index in [4.69, 9.17) is 5.73 Å². The fourth-order valence-electron chi connectivity index (χ4n) is 2.68. The molecule has 2 aromatic rings. The molecule has 1 aromatic carbocycles. The normalized spacial score (nSPS) is 21.4. The fraction of sp³-hybridized carbons (Fsp3) is 0.429. The van der Waals surface area contributed by atoms with E-state index >= 15 is 0 Å². The van der Waals surface area contributed by atoms with E-state index in [1.54, 1.807) is 0 Å². The number of aromatic amines is 1. The van der Waals surface area contributed by atoms with Crippen LogP contribution in [0.15, 0.2) is 30.5 Å². The highest BCUT2D eigenvalue weighted by atomic mass is 15.2. The van der Waals surface area contributed by atoms with Crippen LogP contribution in [0.4, 0.5) is 0 Å². The van der Waals surface area contributed by atoms with E-state index in [2.05, 4.69) is 40.3 Å². The van der Waals surface area contributed by atoms with Gasteiger partial charge in [-0.2, -0.15) is 0 Å². The zero-order chi connectivity index (χ0) is 11.7. The molecule has 1 atom stereocenters. The van der Waals surface area contributed by atoms with Crippen molar-refractivity contribution < 1.29 is 0 Å². The monoisotopic (exact) mass is 229 g/mol. The molecule has 1 fully saturated rings. The summed E-state index contributed by atoms with van der Waals surface area (Å²) in [5.74, 6) is 0. The van der Waals surface area contributed by atoms with E-state index in [1.807, 2.05) is 0 Å². The molecule has 0 bridgehead atoms. The van der Waals surface area contributed by atoms with E-state index in [0.717, 1.165) is 32.5 Å². The number of aromatic nitrogens is 1. The lowest BCUT2D eigenvalue weighted by Crippen LogP contribution is -2.28. The van der Waals surface area contributed by atoms with Crippen LogP contribution < -0.4 is 5.73 Å². The molecule has 3 heteroatoms. The minimum Gasteiger partial charge on any atom is -0.361 e. The number of H-pyrrole nitrogens is 1. The molecule has 90 valence electrons. The zero-order valence-electron chi connectivity index (χ0n) is 10.0. The summed E-state index contributed by atoms with van der Waals surface area (Å²) in [6.45, 7) is 3.33. The van der Waals surface area contributed by atoms with Crippen LogP contribution in [-0.4, -0.2) is 35.6 Å². The molecule has 0 radical (unpaired) electrons. The van der Waals surface area contributed by atoms with E-state index in [1.165, 1.54) is 16.5 Å². The Balaban J connectivity index is 1.69. The van der Waals surface area contributed by atoms with Crippen LogP contribution in [0.5, 0.6) is 0 Å². The minimum atomic E-state index is 0.387. The van der Waals surface area contributed by atoms with E-state index in [0.29, 0.717) is 6.04 Å². The smallest absolute Gasteiger partial charge is 0.0456 e. The first kappa shape index (κ1) is 10.8. The predicted molar refractivity (Wildman–Crippen MR) is 71.0 cm³/mol. The average molecular weight is 229 g/mol. The van der Waals surface area contributed by atoms with E-state index < -0.39 is 0 Å². The molecule has 1 aromatic heterocycles. The molecule has 2 heterocycles. The summed E-state index contributed by atoms with van der Waals surface area (Å²) < 4.78 is 0. The molecule has 1 unspecified atom stereocenters. The van der Waals surface area contributed by atoms with Crippen LogP contribution >= 0.6 is 0 Å². The maximum absolute atomic E-state index is 5.92. The maximum atomic E-state index is 5.92. The zero-order valence-corrected chi connectivity index (χ0v) is 10.0. The highest BCUT2D eigenvalue weighted by Gasteiger charge is 2.18. The van der Waals surface area contributed by atoms with Gasteiger partial charge in [-0.3, -0.25) is 0 Å². The van der Waals surface area contributed by atoms with Gasteiger partial charge in [-0.05, 0) is 31.0 Å². The Kier molecular flexibility index (Phi) is 2.87. The van der Waals surface area contributed by atoms with Gasteiger partial charge in [0, 0.05) is 36.2 Å². The van der Waals surface area contributed by atoms with Crippen LogP contribution in [0.3, 0.4) is 0 Å².